The van der Waals surface area contributed by atoms with Crippen LogP contribution in [0.1, 0.15) is 48.1 Å². The van der Waals surface area contributed by atoms with Gasteiger partial charge < -0.3 is 9.84 Å². The Morgan fingerprint density at radius 3 is 2.29 bits per heavy atom. The van der Waals surface area contributed by atoms with Crippen molar-refractivity contribution in [2.45, 2.75) is 39.2 Å². The Kier molecular flexibility index (Phi) is 5.03. The Bertz CT molecular complexity index is 585. The first-order chi connectivity index (χ1) is 10.0. The maximum Gasteiger partial charge on any atom is 0.124 e. The van der Waals surface area contributed by atoms with Gasteiger partial charge in [0.25, 0.3) is 0 Å². The number of aliphatic hydroxyl groups excluding tert-OH is 1. The van der Waals surface area contributed by atoms with E-state index in [1.54, 1.807) is 7.11 Å². The van der Waals surface area contributed by atoms with Gasteiger partial charge in [0.1, 0.15) is 5.75 Å². The van der Waals surface area contributed by atoms with Crippen LogP contribution in [0.25, 0.3) is 0 Å². The lowest BCUT2D eigenvalue weighted by atomic mass is 9.97. The van der Waals surface area contributed by atoms with E-state index in [4.69, 9.17) is 4.74 Å². The van der Waals surface area contributed by atoms with Gasteiger partial charge in [0.15, 0.2) is 0 Å². The van der Waals surface area contributed by atoms with Crippen molar-refractivity contribution in [2.24, 2.45) is 0 Å². The molecule has 1 N–H and O–H groups in total. The molecule has 0 radical (unpaired) electrons. The summed E-state index contributed by atoms with van der Waals surface area (Å²) in [5.74, 6) is 1.28. The third kappa shape index (κ3) is 3.85. The number of aryl methyl sites for hydroxylation is 1. The van der Waals surface area contributed by atoms with Crippen molar-refractivity contribution in [1.82, 2.24) is 0 Å². The molecule has 0 bridgehead atoms. The first-order valence-corrected chi connectivity index (χ1v) is 7.42. The number of benzene rings is 2. The predicted molar refractivity (Wildman–Crippen MR) is 86.9 cm³/mol. The highest BCUT2D eigenvalue weighted by Crippen LogP contribution is 2.29. The second kappa shape index (κ2) is 6.77. The zero-order chi connectivity index (χ0) is 15.4. The van der Waals surface area contributed by atoms with Crippen LogP contribution in [-0.4, -0.2) is 12.2 Å². The summed E-state index contributed by atoms with van der Waals surface area (Å²) < 4.78 is 5.38. The van der Waals surface area contributed by atoms with Crippen LogP contribution in [0.3, 0.4) is 0 Å². The molecule has 2 aromatic carbocycles. The van der Waals surface area contributed by atoms with E-state index < -0.39 is 6.10 Å². The van der Waals surface area contributed by atoms with E-state index in [-0.39, 0.29) is 0 Å². The topological polar surface area (TPSA) is 29.5 Å². The van der Waals surface area contributed by atoms with Crippen LogP contribution in [0, 0.1) is 6.92 Å². The first kappa shape index (κ1) is 15.6. The molecular formula is C19H24O2. The van der Waals surface area contributed by atoms with Crippen molar-refractivity contribution in [3.05, 3.63) is 64.7 Å². The molecule has 1 unspecified atom stereocenters. The van der Waals surface area contributed by atoms with Crippen molar-refractivity contribution in [2.75, 3.05) is 7.11 Å². The lowest BCUT2D eigenvalue weighted by molar-refractivity contribution is 0.174. The zero-order valence-electron chi connectivity index (χ0n) is 13.3. The molecule has 112 valence electrons. The molecule has 0 aliphatic carbocycles. The van der Waals surface area contributed by atoms with E-state index in [1.165, 1.54) is 5.56 Å². The lowest BCUT2D eigenvalue weighted by Crippen LogP contribution is -2.04. The molecule has 21 heavy (non-hydrogen) atoms. The van der Waals surface area contributed by atoms with Crippen molar-refractivity contribution in [1.29, 1.82) is 0 Å². The zero-order valence-corrected chi connectivity index (χ0v) is 13.3. The minimum absolute atomic E-state index is 0.529. The lowest BCUT2D eigenvalue weighted by Gasteiger charge is -2.16. The molecule has 2 nitrogen and oxygen atoms in total. The van der Waals surface area contributed by atoms with Crippen LogP contribution < -0.4 is 4.74 Å². The highest BCUT2D eigenvalue weighted by Gasteiger charge is 2.14. The summed E-state index contributed by atoms with van der Waals surface area (Å²) in [6, 6.07) is 14.4. The monoisotopic (exact) mass is 284 g/mol. The molecule has 1 atom stereocenters. The summed E-state index contributed by atoms with van der Waals surface area (Å²) in [6.45, 7) is 6.38. The highest BCUT2D eigenvalue weighted by atomic mass is 16.5. The fraction of sp³-hybridized carbons (Fsp3) is 0.368. The van der Waals surface area contributed by atoms with Gasteiger partial charge in [0, 0.05) is 12.0 Å². The van der Waals surface area contributed by atoms with E-state index in [0.29, 0.717) is 12.3 Å². The van der Waals surface area contributed by atoms with E-state index in [9.17, 15) is 5.11 Å². The molecule has 0 saturated carbocycles. The Balaban J connectivity index is 2.15. The summed E-state index contributed by atoms with van der Waals surface area (Å²) >= 11 is 0. The summed E-state index contributed by atoms with van der Waals surface area (Å²) in [5.41, 5.74) is 4.43. The van der Waals surface area contributed by atoms with Gasteiger partial charge in [-0.3, -0.25) is 0 Å². The van der Waals surface area contributed by atoms with Crippen LogP contribution in [0.5, 0.6) is 5.75 Å². The number of hydrogen-bond donors (Lipinski definition) is 1. The summed E-state index contributed by atoms with van der Waals surface area (Å²) in [7, 11) is 1.64. The smallest absolute Gasteiger partial charge is 0.124 e. The maximum absolute atomic E-state index is 10.5. The first-order valence-electron chi connectivity index (χ1n) is 7.42. The quantitative estimate of drug-likeness (QED) is 0.881. The van der Waals surface area contributed by atoms with Crippen molar-refractivity contribution < 1.29 is 9.84 Å². The molecule has 0 amide bonds. The largest absolute Gasteiger partial charge is 0.496 e. The molecule has 0 heterocycles. The van der Waals surface area contributed by atoms with E-state index >= 15 is 0 Å². The van der Waals surface area contributed by atoms with Gasteiger partial charge in [-0.25, -0.2) is 0 Å². The van der Waals surface area contributed by atoms with E-state index in [0.717, 1.165) is 22.4 Å². The number of aliphatic hydroxyl groups is 1. The Morgan fingerprint density at radius 2 is 1.71 bits per heavy atom. The molecule has 2 rings (SSSR count). The average molecular weight is 284 g/mol. The van der Waals surface area contributed by atoms with Crippen molar-refractivity contribution in [3.63, 3.8) is 0 Å². The number of methoxy groups -OCH3 is 1. The predicted octanol–water partition coefficient (Wildman–Crippen LogP) is 4.40. The van der Waals surface area contributed by atoms with E-state index in [1.807, 2.05) is 25.1 Å². The fourth-order valence-corrected chi connectivity index (χ4v) is 2.47. The number of ether oxygens (including phenoxy) is 1. The number of rotatable bonds is 5. The SMILES string of the molecule is COc1cc(C)ccc1C(O)Cc1ccc(C(C)C)cc1. The van der Waals surface area contributed by atoms with Gasteiger partial charge in [-0.05, 0) is 35.6 Å². The van der Waals surface area contributed by atoms with Crippen LogP contribution in [-0.2, 0) is 6.42 Å². The summed E-state index contributed by atoms with van der Waals surface area (Å²) in [4.78, 5) is 0. The summed E-state index contributed by atoms with van der Waals surface area (Å²) in [6.07, 6.45) is 0.0445. The maximum atomic E-state index is 10.5. The van der Waals surface area contributed by atoms with Gasteiger partial charge in [0.2, 0.25) is 0 Å². The normalized spacial score (nSPS) is 12.5. The van der Waals surface area contributed by atoms with Crippen LogP contribution in [0.4, 0.5) is 0 Å². The summed E-state index contributed by atoms with van der Waals surface area (Å²) in [5, 5.41) is 10.5. The van der Waals surface area contributed by atoms with Crippen LogP contribution in [0.15, 0.2) is 42.5 Å². The van der Waals surface area contributed by atoms with Gasteiger partial charge >= 0.3 is 0 Å². The van der Waals surface area contributed by atoms with Gasteiger partial charge in [-0.1, -0.05) is 50.2 Å². The van der Waals surface area contributed by atoms with Crippen molar-refractivity contribution >= 4 is 0 Å². The molecule has 2 aromatic rings. The minimum Gasteiger partial charge on any atom is -0.496 e. The Hall–Kier alpha value is -1.80. The molecule has 0 spiro atoms. The molecule has 2 heteroatoms. The molecular weight excluding hydrogens is 260 g/mol. The Morgan fingerprint density at radius 1 is 1.05 bits per heavy atom. The molecule has 0 saturated heterocycles. The van der Waals surface area contributed by atoms with Gasteiger partial charge in [0.05, 0.1) is 13.2 Å². The minimum atomic E-state index is -0.551. The highest BCUT2D eigenvalue weighted by molar-refractivity contribution is 5.39. The molecule has 0 aliphatic rings. The second-order valence-corrected chi connectivity index (χ2v) is 5.86. The Labute approximate surface area is 127 Å². The fourth-order valence-electron chi connectivity index (χ4n) is 2.47. The molecule has 0 aliphatic heterocycles. The third-order valence-electron chi connectivity index (χ3n) is 3.82. The average Bonchev–Trinajstić information content (AvgIpc) is 2.47. The molecule has 0 aromatic heterocycles. The van der Waals surface area contributed by atoms with Crippen molar-refractivity contribution in [3.8, 4) is 5.75 Å². The third-order valence-corrected chi connectivity index (χ3v) is 3.82. The van der Waals surface area contributed by atoms with Crippen LogP contribution >= 0.6 is 0 Å². The second-order valence-electron chi connectivity index (χ2n) is 5.86. The van der Waals surface area contributed by atoms with Crippen LogP contribution in [0.2, 0.25) is 0 Å². The van der Waals surface area contributed by atoms with Gasteiger partial charge in [-0.15, -0.1) is 0 Å². The standard InChI is InChI=1S/C19H24O2/c1-13(2)16-8-6-15(7-9-16)12-18(20)17-10-5-14(3)11-19(17)21-4/h5-11,13,18,20H,12H2,1-4H3. The van der Waals surface area contributed by atoms with E-state index in [2.05, 4.69) is 38.1 Å². The number of hydrogen-bond acceptors (Lipinski definition) is 2. The van der Waals surface area contributed by atoms with Gasteiger partial charge in [-0.2, -0.15) is 0 Å². The molecule has 0 fully saturated rings.